The molecule has 1 aliphatic rings. The van der Waals surface area contributed by atoms with E-state index in [1.54, 1.807) is 0 Å². The molecule has 3 rings (SSSR count). The van der Waals surface area contributed by atoms with Crippen molar-refractivity contribution in [1.29, 1.82) is 0 Å². The zero-order valence-electron chi connectivity index (χ0n) is 11.8. The van der Waals surface area contributed by atoms with Crippen molar-refractivity contribution in [3.05, 3.63) is 54.2 Å². The SMILES string of the molecule is CN(c1ccccc1)c1ccc(C2=NCCCC2)cn1. The minimum Gasteiger partial charge on any atom is -0.329 e. The van der Waals surface area contributed by atoms with Crippen LogP contribution in [0.5, 0.6) is 0 Å². The van der Waals surface area contributed by atoms with Gasteiger partial charge >= 0.3 is 0 Å². The second-order valence-electron chi connectivity index (χ2n) is 5.09. The molecule has 0 spiro atoms. The van der Waals surface area contributed by atoms with Gasteiger partial charge in [0.15, 0.2) is 0 Å². The third-order valence-electron chi connectivity index (χ3n) is 3.69. The Balaban J connectivity index is 1.81. The molecule has 0 saturated heterocycles. The number of hydrogen-bond acceptors (Lipinski definition) is 3. The second-order valence-corrected chi connectivity index (χ2v) is 5.09. The third-order valence-corrected chi connectivity index (χ3v) is 3.69. The molecule has 2 aromatic rings. The first-order valence-corrected chi connectivity index (χ1v) is 7.13. The Morgan fingerprint density at radius 2 is 1.85 bits per heavy atom. The van der Waals surface area contributed by atoms with Crippen molar-refractivity contribution >= 4 is 17.2 Å². The summed E-state index contributed by atoms with van der Waals surface area (Å²) in [6.07, 6.45) is 5.48. The average Bonchev–Trinajstić information content (AvgIpc) is 2.56. The van der Waals surface area contributed by atoms with Gasteiger partial charge in [0.25, 0.3) is 0 Å². The van der Waals surface area contributed by atoms with Gasteiger partial charge in [-0.15, -0.1) is 0 Å². The summed E-state index contributed by atoms with van der Waals surface area (Å²) in [6.45, 7) is 0.959. The van der Waals surface area contributed by atoms with Crippen molar-refractivity contribution in [3.8, 4) is 0 Å². The number of pyridine rings is 1. The topological polar surface area (TPSA) is 28.5 Å². The molecule has 0 fully saturated rings. The van der Waals surface area contributed by atoms with Crippen molar-refractivity contribution in [2.24, 2.45) is 4.99 Å². The Hall–Kier alpha value is -2.16. The Bertz CT molecular complexity index is 587. The molecule has 0 amide bonds. The number of benzene rings is 1. The predicted molar refractivity (Wildman–Crippen MR) is 84.0 cm³/mol. The highest BCUT2D eigenvalue weighted by atomic mass is 15.2. The molecule has 0 atom stereocenters. The summed E-state index contributed by atoms with van der Waals surface area (Å²) < 4.78 is 0. The molecule has 0 bridgehead atoms. The third kappa shape index (κ3) is 2.72. The first kappa shape index (κ1) is 12.9. The number of aromatic nitrogens is 1. The van der Waals surface area contributed by atoms with Crippen LogP contribution in [0.25, 0.3) is 0 Å². The van der Waals surface area contributed by atoms with E-state index in [-0.39, 0.29) is 0 Å². The molecule has 0 N–H and O–H groups in total. The fraction of sp³-hybridized carbons (Fsp3) is 0.294. The lowest BCUT2D eigenvalue weighted by molar-refractivity contribution is 0.738. The lowest BCUT2D eigenvalue weighted by Gasteiger charge is -2.19. The fourth-order valence-electron chi connectivity index (χ4n) is 2.47. The number of rotatable bonds is 3. The molecule has 2 heterocycles. The predicted octanol–water partition coefficient (Wildman–Crippen LogP) is 3.82. The van der Waals surface area contributed by atoms with Crippen LogP contribution in [0.15, 0.2) is 53.7 Å². The molecule has 0 aliphatic carbocycles. The van der Waals surface area contributed by atoms with Gasteiger partial charge in [-0.1, -0.05) is 18.2 Å². The summed E-state index contributed by atoms with van der Waals surface area (Å²) in [4.78, 5) is 11.3. The number of hydrogen-bond donors (Lipinski definition) is 0. The van der Waals surface area contributed by atoms with Gasteiger partial charge in [0.05, 0.1) is 0 Å². The summed E-state index contributed by atoms with van der Waals surface area (Å²) in [5, 5.41) is 0. The van der Waals surface area contributed by atoms with E-state index in [0.29, 0.717) is 0 Å². The molecule has 0 radical (unpaired) electrons. The maximum atomic E-state index is 4.60. The number of para-hydroxylation sites is 1. The van der Waals surface area contributed by atoms with Gasteiger partial charge in [0.1, 0.15) is 5.82 Å². The number of anilines is 2. The Labute approximate surface area is 120 Å². The Morgan fingerprint density at radius 1 is 1.00 bits per heavy atom. The monoisotopic (exact) mass is 265 g/mol. The summed E-state index contributed by atoms with van der Waals surface area (Å²) in [6, 6.07) is 14.5. The number of aliphatic imine (C=N–C) groups is 1. The summed E-state index contributed by atoms with van der Waals surface area (Å²) in [5.74, 6) is 0.955. The van der Waals surface area contributed by atoms with E-state index in [1.165, 1.54) is 18.6 Å². The minimum atomic E-state index is 0.955. The largest absolute Gasteiger partial charge is 0.329 e. The molecule has 3 nitrogen and oxygen atoms in total. The van der Waals surface area contributed by atoms with Crippen LogP contribution in [0.2, 0.25) is 0 Å². The fourth-order valence-corrected chi connectivity index (χ4v) is 2.47. The minimum absolute atomic E-state index is 0.955. The first-order valence-electron chi connectivity index (χ1n) is 7.13. The van der Waals surface area contributed by atoms with Gasteiger partial charge < -0.3 is 4.90 Å². The van der Waals surface area contributed by atoms with Crippen molar-refractivity contribution in [1.82, 2.24) is 4.98 Å². The van der Waals surface area contributed by atoms with Gasteiger partial charge in [0.2, 0.25) is 0 Å². The van der Waals surface area contributed by atoms with Crippen LogP contribution < -0.4 is 4.90 Å². The van der Waals surface area contributed by atoms with Gasteiger partial charge in [0, 0.05) is 36.8 Å². The van der Waals surface area contributed by atoms with Gasteiger partial charge in [-0.25, -0.2) is 4.98 Å². The first-order chi connectivity index (χ1) is 9.84. The van der Waals surface area contributed by atoms with Crippen LogP contribution in [0.4, 0.5) is 11.5 Å². The molecular formula is C17H19N3. The van der Waals surface area contributed by atoms with Crippen molar-refractivity contribution in [2.75, 3.05) is 18.5 Å². The molecule has 20 heavy (non-hydrogen) atoms. The Morgan fingerprint density at radius 3 is 2.50 bits per heavy atom. The van der Waals surface area contributed by atoms with Crippen LogP contribution in [0.3, 0.4) is 0 Å². The molecular weight excluding hydrogens is 246 g/mol. The Kier molecular flexibility index (Phi) is 3.77. The molecule has 1 aromatic carbocycles. The van der Waals surface area contributed by atoms with Crippen LogP contribution in [-0.4, -0.2) is 24.3 Å². The van der Waals surface area contributed by atoms with E-state index in [4.69, 9.17) is 0 Å². The van der Waals surface area contributed by atoms with Gasteiger partial charge in [-0.05, 0) is 43.5 Å². The molecule has 0 unspecified atom stereocenters. The average molecular weight is 265 g/mol. The molecule has 102 valence electrons. The summed E-state index contributed by atoms with van der Waals surface area (Å²) >= 11 is 0. The van der Waals surface area contributed by atoms with E-state index in [1.807, 2.05) is 31.4 Å². The highest BCUT2D eigenvalue weighted by Gasteiger charge is 2.09. The zero-order chi connectivity index (χ0) is 13.8. The van der Waals surface area contributed by atoms with E-state index in [2.05, 4.69) is 39.1 Å². The van der Waals surface area contributed by atoms with Gasteiger partial charge in [-0.2, -0.15) is 0 Å². The summed E-state index contributed by atoms with van der Waals surface area (Å²) in [7, 11) is 2.04. The van der Waals surface area contributed by atoms with E-state index in [9.17, 15) is 0 Å². The van der Waals surface area contributed by atoms with Crippen LogP contribution in [0, 0.1) is 0 Å². The van der Waals surface area contributed by atoms with Crippen LogP contribution in [0.1, 0.15) is 24.8 Å². The summed E-state index contributed by atoms with van der Waals surface area (Å²) in [5.41, 5.74) is 3.51. The highest BCUT2D eigenvalue weighted by molar-refractivity contribution is 6.00. The van der Waals surface area contributed by atoms with E-state index >= 15 is 0 Å². The normalized spacial score (nSPS) is 14.8. The number of nitrogens with zero attached hydrogens (tertiary/aromatic N) is 3. The van der Waals surface area contributed by atoms with Crippen LogP contribution >= 0.6 is 0 Å². The smallest absolute Gasteiger partial charge is 0.132 e. The molecule has 1 aromatic heterocycles. The zero-order valence-corrected chi connectivity index (χ0v) is 11.8. The molecule has 3 heteroatoms. The highest BCUT2D eigenvalue weighted by Crippen LogP contribution is 2.22. The lowest BCUT2D eigenvalue weighted by Crippen LogP contribution is -2.12. The standard InChI is InChI=1S/C17H19N3/c1-20(15-7-3-2-4-8-15)17-11-10-14(13-19-17)16-9-5-6-12-18-16/h2-4,7-8,10-11,13H,5-6,9,12H2,1H3. The molecule has 0 saturated carbocycles. The lowest BCUT2D eigenvalue weighted by atomic mass is 10.0. The quantitative estimate of drug-likeness (QED) is 0.844. The van der Waals surface area contributed by atoms with Crippen LogP contribution in [-0.2, 0) is 0 Å². The maximum absolute atomic E-state index is 4.60. The van der Waals surface area contributed by atoms with Crippen molar-refractivity contribution in [3.63, 3.8) is 0 Å². The van der Waals surface area contributed by atoms with Crippen molar-refractivity contribution < 1.29 is 0 Å². The van der Waals surface area contributed by atoms with Gasteiger partial charge in [-0.3, -0.25) is 4.99 Å². The van der Waals surface area contributed by atoms with Crippen molar-refractivity contribution in [2.45, 2.75) is 19.3 Å². The van der Waals surface area contributed by atoms with E-state index in [0.717, 1.165) is 30.0 Å². The van der Waals surface area contributed by atoms with E-state index < -0.39 is 0 Å². The molecule has 1 aliphatic heterocycles. The maximum Gasteiger partial charge on any atom is 0.132 e. The second kappa shape index (κ2) is 5.87.